The van der Waals surface area contributed by atoms with Crippen LogP contribution in [0.3, 0.4) is 0 Å². The van der Waals surface area contributed by atoms with E-state index < -0.39 is 9.84 Å². The smallest absolute Gasteiger partial charge is 0.258 e. The summed E-state index contributed by atoms with van der Waals surface area (Å²) in [6.07, 6.45) is 0. The van der Waals surface area contributed by atoms with Crippen LogP contribution >= 0.6 is 0 Å². The molecule has 0 amide bonds. The molecule has 3 heterocycles. The molecule has 148 valence electrons. The third-order valence-corrected chi connectivity index (χ3v) is 6.70. The van der Waals surface area contributed by atoms with Gasteiger partial charge in [-0.3, -0.25) is 4.90 Å². The van der Waals surface area contributed by atoms with E-state index in [0.29, 0.717) is 37.1 Å². The fraction of sp³-hybridized carbons (Fsp3) is 0.238. The predicted molar refractivity (Wildman–Crippen MR) is 109 cm³/mol. The van der Waals surface area contributed by atoms with Crippen molar-refractivity contribution in [2.75, 3.05) is 24.6 Å². The van der Waals surface area contributed by atoms with Gasteiger partial charge in [-0.25, -0.2) is 8.42 Å². The van der Waals surface area contributed by atoms with Crippen molar-refractivity contribution in [1.29, 1.82) is 0 Å². The molecule has 0 aliphatic carbocycles. The van der Waals surface area contributed by atoms with Gasteiger partial charge in [-0.05, 0) is 29.8 Å². The summed E-state index contributed by atoms with van der Waals surface area (Å²) in [4.78, 5) is 6.64. The Balaban J connectivity index is 1.36. The summed E-state index contributed by atoms with van der Waals surface area (Å²) in [5.74, 6) is 1.83. The van der Waals surface area contributed by atoms with Gasteiger partial charge in [-0.15, -0.1) is 0 Å². The number of hydrogen-bond acceptors (Lipinski definition) is 7. The monoisotopic (exact) mass is 409 g/mol. The minimum Gasteiger partial charge on any atom is -0.453 e. The zero-order chi connectivity index (χ0) is 19.8. The number of furan rings is 1. The first-order valence-corrected chi connectivity index (χ1v) is 11.2. The quantitative estimate of drug-likeness (QED) is 0.510. The Morgan fingerprint density at radius 3 is 2.66 bits per heavy atom. The van der Waals surface area contributed by atoms with E-state index in [1.165, 1.54) is 0 Å². The Morgan fingerprint density at radius 1 is 1.00 bits per heavy atom. The van der Waals surface area contributed by atoms with Crippen LogP contribution < -0.4 is 0 Å². The molecule has 0 saturated carbocycles. The molecule has 1 aliphatic heterocycles. The minimum absolute atomic E-state index is 0.219. The zero-order valence-corrected chi connectivity index (χ0v) is 16.4. The van der Waals surface area contributed by atoms with Crippen LogP contribution in [-0.4, -0.2) is 48.1 Å². The highest BCUT2D eigenvalue weighted by atomic mass is 32.2. The second kappa shape index (κ2) is 7.13. The van der Waals surface area contributed by atoms with E-state index in [0.717, 1.165) is 22.1 Å². The van der Waals surface area contributed by atoms with E-state index >= 15 is 0 Å². The molecule has 29 heavy (non-hydrogen) atoms. The average molecular weight is 409 g/mol. The van der Waals surface area contributed by atoms with Gasteiger partial charge in [-0.1, -0.05) is 35.5 Å². The highest BCUT2D eigenvalue weighted by molar-refractivity contribution is 7.91. The molecule has 5 rings (SSSR count). The molecular weight excluding hydrogens is 390 g/mol. The Hall–Kier alpha value is -2.97. The molecule has 0 N–H and O–H groups in total. The summed E-state index contributed by atoms with van der Waals surface area (Å²) < 4.78 is 34.5. The van der Waals surface area contributed by atoms with Gasteiger partial charge in [0.1, 0.15) is 5.58 Å². The average Bonchev–Trinajstić information content (AvgIpc) is 3.37. The van der Waals surface area contributed by atoms with Gasteiger partial charge < -0.3 is 8.94 Å². The van der Waals surface area contributed by atoms with Gasteiger partial charge in [0, 0.05) is 30.6 Å². The Labute approximate surface area is 167 Å². The summed E-state index contributed by atoms with van der Waals surface area (Å²) in [5, 5.41) is 5.05. The second-order valence-electron chi connectivity index (χ2n) is 7.20. The summed E-state index contributed by atoms with van der Waals surface area (Å²) in [5.41, 5.74) is 2.67. The van der Waals surface area contributed by atoms with Crippen LogP contribution in [0, 0.1) is 0 Å². The Kier molecular flexibility index (Phi) is 4.44. The normalized spacial score (nSPS) is 17.0. The van der Waals surface area contributed by atoms with Crippen molar-refractivity contribution in [3.05, 3.63) is 60.2 Å². The van der Waals surface area contributed by atoms with Crippen molar-refractivity contribution in [3.63, 3.8) is 0 Å². The maximum Gasteiger partial charge on any atom is 0.258 e. The van der Waals surface area contributed by atoms with Crippen LogP contribution in [-0.2, 0) is 16.4 Å². The number of hydrogen-bond donors (Lipinski definition) is 0. The number of para-hydroxylation sites is 1. The molecule has 0 spiro atoms. The number of nitrogens with zero attached hydrogens (tertiary/aromatic N) is 3. The van der Waals surface area contributed by atoms with E-state index in [-0.39, 0.29) is 11.5 Å². The molecule has 2 aromatic carbocycles. The van der Waals surface area contributed by atoms with Gasteiger partial charge in [0.2, 0.25) is 5.82 Å². The van der Waals surface area contributed by atoms with Crippen LogP contribution in [0.2, 0.25) is 0 Å². The topological polar surface area (TPSA) is 89.4 Å². The first-order chi connectivity index (χ1) is 14.1. The fourth-order valence-corrected chi connectivity index (χ4v) is 4.78. The lowest BCUT2D eigenvalue weighted by molar-refractivity contribution is 0.287. The lowest BCUT2D eigenvalue weighted by Crippen LogP contribution is -2.39. The maximum atomic E-state index is 11.6. The zero-order valence-electron chi connectivity index (χ0n) is 15.6. The van der Waals surface area contributed by atoms with E-state index in [9.17, 15) is 8.42 Å². The molecule has 0 radical (unpaired) electrons. The molecule has 7 nitrogen and oxygen atoms in total. The van der Waals surface area contributed by atoms with Crippen molar-refractivity contribution in [3.8, 4) is 23.0 Å². The van der Waals surface area contributed by atoms with Crippen LogP contribution in [0.25, 0.3) is 34.0 Å². The van der Waals surface area contributed by atoms with Gasteiger partial charge in [0.05, 0.1) is 11.5 Å². The van der Waals surface area contributed by atoms with Crippen LogP contribution in [0.15, 0.2) is 63.5 Å². The van der Waals surface area contributed by atoms with E-state index in [2.05, 4.69) is 15.0 Å². The molecule has 4 aromatic rings. The molecular formula is C21H19N3O4S. The first kappa shape index (κ1) is 18.1. The lowest BCUT2D eigenvalue weighted by Gasteiger charge is -2.26. The van der Waals surface area contributed by atoms with Gasteiger partial charge >= 0.3 is 0 Å². The highest BCUT2D eigenvalue weighted by Gasteiger charge is 2.22. The van der Waals surface area contributed by atoms with E-state index in [4.69, 9.17) is 8.94 Å². The lowest BCUT2D eigenvalue weighted by atomic mass is 10.1. The van der Waals surface area contributed by atoms with Crippen molar-refractivity contribution >= 4 is 20.8 Å². The van der Waals surface area contributed by atoms with Crippen molar-refractivity contribution in [2.45, 2.75) is 6.54 Å². The number of rotatable bonds is 4. The minimum atomic E-state index is -2.88. The molecule has 0 unspecified atom stereocenters. The van der Waals surface area contributed by atoms with Crippen LogP contribution in [0.1, 0.15) is 5.56 Å². The van der Waals surface area contributed by atoms with E-state index in [1.807, 2.05) is 54.6 Å². The van der Waals surface area contributed by atoms with E-state index in [1.54, 1.807) is 0 Å². The summed E-state index contributed by atoms with van der Waals surface area (Å²) in [6, 6.07) is 17.5. The number of fused-ring (bicyclic) bond motifs is 1. The van der Waals surface area contributed by atoms with Gasteiger partial charge in [0.15, 0.2) is 15.6 Å². The number of aromatic nitrogens is 2. The number of benzene rings is 2. The third-order valence-electron chi connectivity index (χ3n) is 5.09. The van der Waals surface area contributed by atoms with Crippen LogP contribution in [0.4, 0.5) is 0 Å². The Morgan fingerprint density at radius 2 is 1.83 bits per heavy atom. The standard InChI is InChI=1S/C21H19N3O4S/c25-29(26)10-8-24(9-11-29)14-15-4-3-6-17(12-15)21-22-20(23-28-21)19-13-16-5-1-2-7-18(16)27-19/h1-7,12-13H,8-11,14H2. The third kappa shape index (κ3) is 3.81. The van der Waals surface area contributed by atoms with Crippen molar-refractivity contribution in [1.82, 2.24) is 15.0 Å². The molecule has 1 saturated heterocycles. The SMILES string of the molecule is O=S1(=O)CCN(Cc2cccc(-c3nc(-c4cc5ccccc5o4)no3)c2)CC1. The van der Waals surface area contributed by atoms with Crippen molar-refractivity contribution in [2.24, 2.45) is 0 Å². The van der Waals surface area contributed by atoms with Gasteiger partial charge in [-0.2, -0.15) is 4.98 Å². The molecule has 1 aliphatic rings. The summed E-state index contributed by atoms with van der Waals surface area (Å²) >= 11 is 0. The Bertz CT molecular complexity index is 1230. The van der Waals surface area contributed by atoms with Crippen LogP contribution in [0.5, 0.6) is 0 Å². The highest BCUT2D eigenvalue weighted by Crippen LogP contribution is 2.28. The molecule has 0 bridgehead atoms. The second-order valence-corrected chi connectivity index (χ2v) is 9.50. The molecule has 0 atom stereocenters. The maximum absolute atomic E-state index is 11.6. The largest absolute Gasteiger partial charge is 0.453 e. The summed E-state index contributed by atoms with van der Waals surface area (Å²) in [6.45, 7) is 1.81. The van der Waals surface area contributed by atoms with Gasteiger partial charge in [0.25, 0.3) is 5.89 Å². The first-order valence-electron chi connectivity index (χ1n) is 9.40. The molecule has 1 fully saturated rings. The van der Waals surface area contributed by atoms with Crippen molar-refractivity contribution < 1.29 is 17.4 Å². The molecule has 2 aromatic heterocycles. The fourth-order valence-electron chi connectivity index (χ4n) is 3.50. The predicted octanol–water partition coefficient (Wildman–Crippen LogP) is 3.38. The number of sulfone groups is 1. The summed E-state index contributed by atoms with van der Waals surface area (Å²) in [7, 11) is -2.88. The molecule has 8 heteroatoms.